The van der Waals surface area contributed by atoms with E-state index >= 15 is 0 Å². The fourth-order valence-electron chi connectivity index (χ4n) is 2.75. The van der Waals surface area contributed by atoms with Gasteiger partial charge >= 0.3 is 0 Å². The third-order valence-electron chi connectivity index (χ3n) is 4.19. The molecule has 0 saturated heterocycles. The summed E-state index contributed by atoms with van der Waals surface area (Å²) in [6.07, 6.45) is 5.04. The van der Waals surface area contributed by atoms with Crippen LogP contribution in [0.15, 0.2) is 22.9 Å². The molecule has 0 aliphatic heterocycles. The van der Waals surface area contributed by atoms with Gasteiger partial charge in [-0.1, -0.05) is 24.6 Å². The second kappa shape index (κ2) is 5.27. The van der Waals surface area contributed by atoms with Crippen LogP contribution >= 0.6 is 0 Å². The fraction of sp³-hybridized carbons (Fsp3) is 0.467. The zero-order chi connectivity index (χ0) is 14.9. The summed E-state index contributed by atoms with van der Waals surface area (Å²) in [4.78, 5) is 20.9. The summed E-state index contributed by atoms with van der Waals surface area (Å²) in [5, 5.41) is 6.73. The maximum Gasteiger partial charge on any atom is 0.242 e. The quantitative estimate of drug-likeness (QED) is 0.927. The van der Waals surface area contributed by atoms with Crippen LogP contribution in [0.5, 0.6) is 0 Å². The molecule has 2 heterocycles. The van der Waals surface area contributed by atoms with Gasteiger partial charge in [-0.3, -0.25) is 9.78 Å². The van der Waals surface area contributed by atoms with Crippen molar-refractivity contribution in [3.05, 3.63) is 29.8 Å². The smallest absolute Gasteiger partial charge is 0.242 e. The normalized spacial score (nSPS) is 16.3. The van der Waals surface area contributed by atoms with Crippen molar-refractivity contribution in [1.82, 2.24) is 20.4 Å². The molecule has 3 rings (SSSR count). The highest BCUT2D eigenvalue weighted by molar-refractivity contribution is 5.87. The molecule has 1 aliphatic rings. The van der Waals surface area contributed by atoms with Crippen molar-refractivity contribution < 1.29 is 9.32 Å². The topological polar surface area (TPSA) is 80.9 Å². The van der Waals surface area contributed by atoms with Gasteiger partial charge in [-0.25, -0.2) is 0 Å². The summed E-state index contributed by atoms with van der Waals surface area (Å²) in [6.45, 7) is 2.06. The Bertz CT molecular complexity index is 661. The van der Waals surface area contributed by atoms with Crippen LogP contribution in [0.1, 0.15) is 37.6 Å². The molecule has 0 atom stereocenters. The molecule has 2 aromatic heterocycles. The Hall–Kier alpha value is -2.24. The fourth-order valence-corrected chi connectivity index (χ4v) is 2.75. The van der Waals surface area contributed by atoms with Crippen LogP contribution in [-0.2, 0) is 16.6 Å². The second-order valence-corrected chi connectivity index (χ2v) is 5.30. The molecule has 0 bridgehead atoms. The first kappa shape index (κ1) is 13.7. The Kier molecular flexibility index (Phi) is 3.45. The minimum atomic E-state index is -0.652. The summed E-state index contributed by atoms with van der Waals surface area (Å²) in [5.74, 6) is 0.800. The molecule has 6 heteroatoms. The van der Waals surface area contributed by atoms with Gasteiger partial charge in [0.05, 0.1) is 0 Å². The number of carbonyl (C=O) groups is 1. The molecule has 0 unspecified atom stereocenters. The number of likely N-dealkylation sites (N-methyl/N-ethyl adjacent to an activating group) is 1. The van der Waals surface area contributed by atoms with Crippen LogP contribution in [0.25, 0.3) is 11.5 Å². The highest BCUT2D eigenvalue weighted by Gasteiger charge is 2.50. The average Bonchev–Trinajstić information content (AvgIpc) is 2.95. The Labute approximate surface area is 123 Å². The largest absolute Gasteiger partial charge is 0.358 e. The number of nitrogens with one attached hydrogen (secondary N) is 1. The van der Waals surface area contributed by atoms with E-state index in [0.29, 0.717) is 11.7 Å². The zero-order valence-corrected chi connectivity index (χ0v) is 12.2. The first-order valence-corrected chi connectivity index (χ1v) is 7.22. The van der Waals surface area contributed by atoms with E-state index in [1.807, 2.05) is 12.1 Å². The maximum atomic E-state index is 12.1. The standard InChI is InChI=1S/C15H18N4O2/c1-3-10-6-4-9-17-11(10)12-18-14(21-19-12)15(7-5-8-15)13(20)16-2/h4,6,9H,3,5,7-8H2,1-2H3,(H,16,20). The number of aryl methyl sites for hydroxylation is 1. The first-order chi connectivity index (χ1) is 10.2. The summed E-state index contributed by atoms with van der Waals surface area (Å²) in [7, 11) is 1.63. The summed E-state index contributed by atoms with van der Waals surface area (Å²) in [5.41, 5.74) is 1.13. The molecule has 1 fully saturated rings. The molecule has 1 aliphatic carbocycles. The Morgan fingerprint density at radius 1 is 1.48 bits per heavy atom. The zero-order valence-electron chi connectivity index (χ0n) is 12.2. The van der Waals surface area contributed by atoms with E-state index in [-0.39, 0.29) is 5.91 Å². The third kappa shape index (κ3) is 2.11. The van der Waals surface area contributed by atoms with Crippen molar-refractivity contribution in [3.8, 4) is 11.5 Å². The number of hydrogen-bond donors (Lipinski definition) is 1. The van der Waals surface area contributed by atoms with Crippen LogP contribution in [0.3, 0.4) is 0 Å². The molecule has 6 nitrogen and oxygen atoms in total. The summed E-state index contributed by atoms with van der Waals surface area (Å²) in [6, 6.07) is 3.89. The van der Waals surface area contributed by atoms with E-state index in [2.05, 4.69) is 27.4 Å². The molecule has 110 valence electrons. The van der Waals surface area contributed by atoms with Gasteiger partial charge in [-0.05, 0) is 30.9 Å². The van der Waals surface area contributed by atoms with E-state index in [1.165, 1.54) is 0 Å². The predicted molar refractivity (Wildman–Crippen MR) is 76.5 cm³/mol. The van der Waals surface area contributed by atoms with Gasteiger partial charge in [0.2, 0.25) is 17.6 Å². The molecule has 1 amide bonds. The van der Waals surface area contributed by atoms with Crippen LogP contribution in [0.4, 0.5) is 0 Å². The monoisotopic (exact) mass is 286 g/mol. The average molecular weight is 286 g/mol. The number of carbonyl (C=O) groups excluding carboxylic acids is 1. The van der Waals surface area contributed by atoms with Gasteiger partial charge in [0.1, 0.15) is 11.1 Å². The number of amides is 1. The molecule has 21 heavy (non-hydrogen) atoms. The highest BCUT2D eigenvalue weighted by Crippen LogP contribution is 2.43. The maximum absolute atomic E-state index is 12.1. The van der Waals surface area contributed by atoms with Gasteiger partial charge in [0.15, 0.2) is 0 Å². The van der Waals surface area contributed by atoms with Crippen molar-refractivity contribution in [2.45, 2.75) is 38.0 Å². The Morgan fingerprint density at radius 3 is 2.90 bits per heavy atom. The predicted octanol–water partition coefficient (Wildman–Crippen LogP) is 1.86. The van der Waals surface area contributed by atoms with Gasteiger partial charge in [-0.15, -0.1) is 0 Å². The van der Waals surface area contributed by atoms with Gasteiger partial charge in [-0.2, -0.15) is 4.98 Å². The van der Waals surface area contributed by atoms with Crippen molar-refractivity contribution in [2.24, 2.45) is 0 Å². The molecular weight excluding hydrogens is 268 g/mol. The van der Waals surface area contributed by atoms with E-state index in [0.717, 1.165) is 36.9 Å². The van der Waals surface area contributed by atoms with Gasteiger partial charge in [0, 0.05) is 13.2 Å². The number of pyridine rings is 1. The van der Waals surface area contributed by atoms with Gasteiger partial charge in [0.25, 0.3) is 0 Å². The Morgan fingerprint density at radius 2 is 2.29 bits per heavy atom. The molecule has 0 radical (unpaired) electrons. The SMILES string of the molecule is CCc1cccnc1-c1noc(C2(C(=O)NC)CCC2)n1. The number of rotatable bonds is 4. The lowest BCUT2D eigenvalue weighted by Crippen LogP contribution is -2.48. The minimum Gasteiger partial charge on any atom is -0.358 e. The first-order valence-electron chi connectivity index (χ1n) is 7.22. The Balaban J connectivity index is 1.98. The van der Waals surface area contributed by atoms with E-state index < -0.39 is 5.41 Å². The molecule has 1 N–H and O–H groups in total. The van der Waals surface area contributed by atoms with E-state index in [4.69, 9.17) is 4.52 Å². The summed E-state index contributed by atoms with van der Waals surface area (Å²) < 4.78 is 5.39. The molecular formula is C15H18N4O2. The molecule has 2 aromatic rings. The van der Waals surface area contributed by atoms with Crippen molar-refractivity contribution in [3.63, 3.8) is 0 Å². The van der Waals surface area contributed by atoms with E-state index in [1.54, 1.807) is 13.2 Å². The highest BCUT2D eigenvalue weighted by atomic mass is 16.5. The summed E-state index contributed by atoms with van der Waals surface area (Å²) >= 11 is 0. The van der Waals surface area contributed by atoms with E-state index in [9.17, 15) is 4.79 Å². The second-order valence-electron chi connectivity index (χ2n) is 5.30. The van der Waals surface area contributed by atoms with Crippen LogP contribution in [0.2, 0.25) is 0 Å². The van der Waals surface area contributed by atoms with Crippen LogP contribution in [-0.4, -0.2) is 28.1 Å². The molecule has 0 aromatic carbocycles. The third-order valence-corrected chi connectivity index (χ3v) is 4.19. The number of nitrogens with zero attached hydrogens (tertiary/aromatic N) is 3. The lowest BCUT2D eigenvalue weighted by atomic mass is 9.68. The lowest BCUT2D eigenvalue weighted by Gasteiger charge is -2.35. The van der Waals surface area contributed by atoms with Crippen molar-refractivity contribution in [1.29, 1.82) is 0 Å². The van der Waals surface area contributed by atoms with Crippen LogP contribution < -0.4 is 5.32 Å². The molecule has 0 spiro atoms. The minimum absolute atomic E-state index is 0.0549. The lowest BCUT2D eigenvalue weighted by molar-refractivity contribution is -0.130. The number of hydrogen-bond acceptors (Lipinski definition) is 5. The van der Waals surface area contributed by atoms with Crippen molar-refractivity contribution >= 4 is 5.91 Å². The van der Waals surface area contributed by atoms with Crippen LogP contribution in [0, 0.1) is 0 Å². The van der Waals surface area contributed by atoms with Crippen molar-refractivity contribution in [2.75, 3.05) is 7.05 Å². The molecule has 1 saturated carbocycles. The van der Waals surface area contributed by atoms with Gasteiger partial charge < -0.3 is 9.84 Å². The number of aromatic nitrogens is 3.